The van der Waals surface area contributed by atoms with Crippen LogP contribution in [-0.2, 0) is 20.6 Å². The summed E-state index contributed by atoms with van der Waals surface area (Å²) in [4.78, 5) is 12.3. The number of nitriles is 1. The molecule has 1 N–H and O–H groups in total. The summed E-state index contributed by atoms with van der Waals surface area (Å²) < 4.78 is 26.3. The molecule has 6 nitrogen and oxygen atoms in total. The highest BCUT2D eigenvalue weighted by molar-refractivity contribution is 7.99. The summed E-state index contributed by atoms with van der Waals surface area (Å²) in [5.74, 6) is 0.723. The number of carbonyl (C=O) groups excluding carboxylic acids is 1. The number of carbonyl (C=O) groups is 1. The average Bonchev–Trinajstić information content (AvgIpc) is 2.69. The predicted octanol–water partition coefficient (Wildman–Crippen LogP) is 3.46. The first-order chi connectivity index (χ1) is 13.4. The molecule has 0 spiro atoms. The minimum absolute atomic E-state index is 0.166. The minimum atomic E-state index is -3.50. The minimum Gasteiger partial charge on any atom is -0.325 e. The zero-order chi connectivity index (χ0) is 20.6. The van der Waals surface area contributed by atoms with Crippen LogP contribution in [0.4, 0.5) is 5.69 Å². The van der Waals surface area contributed by atoms with Crippen molar-refractivity contribution < 1.29 is 13.2 Å². The monoisotopic (exact) mass is 417 g/mol. The molecule has 0 fully saturated rings. The lowest BCUT2D eigenvalue weighted by Gasteiger charge is -2.18. The van der Waals surface area contributed by atoms with Gasteiger partial charge >= 0.3 is 0 Å². The van der Waals surface area contributed by atoms with E-state index in [0.29, 0.717) is 30.1 Å². The molecule has 0 aliphatic heterocycles. The predicted molar refractivity (Wildman–Crippen MR) is 112 cm³/mol. The van der Waals surface area contributed by atoms with Crippen LogP contribution >= 0.6 is 11.8 Å². The second kappa shape index (κ2) is 10.3. The number of hydrogen-bond donors (Lipinski definition) is 1. The number of nitrogens with one attached hydrogen (secondary N) is 1. The zero-order valence-corrected chi connectivity index (χ0v) is 17.5. The van der Waals surface area contributed by atoms with Gasteiger partial charge in [-0.25, -0.2) is 8.42 Å². The molecule has 2 rings (SSSR count). The number of anilines is 1. The Morgan fingerprint density at radius 3 is 2.43 bits per heavy atom. The second-order valence-electron chi connectivity index (χ2n) is 5.97. The molecule has 0 bridgehead atoms. The fraction of sp³-hybridized carbons (Fsp3) is 0.300. The number of sulfonamides is 1. The number of nitrogens with zero attached hydrogens (tertiary/aromatic N) is 2. The number of rotatable bonds is 9. The topological polar surface area (TPSA) is 90.3 Å². The van der Waals surface area contributed by atoms with Crippen LogP contribution < -0.4 is 5.32 Å². The summed E-state index contributed by atoms with van der Waals surface area (Å²) in [5.41, 5.74) is 2.14. The first-order valence-electron chi connectivity index (χ1n) is 8.87. The molecule has 0 saturated carbocycles. The van der Waals surface area contributed by atoms with Gasteiger partial charge < -0.3 is 5.32 Å². The van der Waals surface area contributed by atoms with Crippen LogP contribution in [0.25, 0.3) is 0 Å². The maximum atomic E-state index is 12.5. The fourth-order valence-electron chi connectivity index (χ4n) is 2.61. The van der Waals surface area contributed by atoms with Crippen LogP contribution in [0, 0.1) is 11.3 Å². The van der Waals surface area contributed by atoms with Crippen LogP contribution in [-0.4, -0.2) is 37.5 Å². The summed E-state index contributed by atoms with van der Waals surface area (Å²) in [7, 11) is -3.50. The average molecular weight is 418 g/mol. The van der Waals surface area contributed by atoms with E-state index >= 15 is 0 Å². The Morgan fingerprint density at radius 1 is 1.14 bits per heavy atom. The maximum absolute atomic E-state index is 12.5. The van der Waals surface area contributed by atoms with E-state index in [4.69, 9.17) is 5.26 Å². The Morgan fingerprint density at radius 2 is 1.82 bits per heavy atom. The molecule has 28 heavy (non-hydrogen) atoms. The molecule has 2 aromatic rings. The van der Waals surface area contributed by atoms with Gasteiger partial charge in [-0.15, -0.1) is 11.8 Å². The number of thioether (sulfide) groups is 1. The number of amides is 1. The van der Waals surface area contributed by atoms with Gasteiger partial charge in [0.25, 0.3) is 0 Å². The number of hydrogen-bond acceptors (Lipinski definition) is 5. The van der Waals surface area contributed by atoms with Gasteiger partial charge in [-0.1, -0.05) is 26.0 Å². The maximum Gasteiger partial charge on any atom is 0.243 e. The molecule has 0 radical (unpaired) electrons. The van der Waals surface area contributed by atoms with Gasteiger partial charge in [0, 0.05) is 24.5 Å². The molecule has 0 aliphatic rings. The van der Waals surface area contributed by atoms with Crippen molar-refractivity contribution >= 4 is 33.4 Å². The Bertz CT molecular complexity index is 947. The number of benzene rings is 2. The van der Waals surface area contributed by atoms with Crippen molar-refractivity contribution in [2.75, 3.05) is 24.2 Å². The third-order valence-corrected chi connectivity index (χ3v) is 7.11. The van der Waals surface area contributed by atoms with Gasteiger partial charge in [-0.3, -0.25) is 4.79 Å². The van der Waals surface area contributed by atoms with Gasteiger partial charge in [0.2, 0.25) is 15.9 Å². The summed E-state index contributed by atoms with van der Waals surface area (Å²) in [5, 5.41) is 11.7. The zero-order valence-electron chi connectivity index (χ0n) is 15.9. The summed E-state index contributed by atoms with van der Waals surface area (Å²) in [6.07, 6.45) is 0. The van der Waals surface area contributed by atoms with E-state index < -0.39 is 10.0 Å². The van der Waals surface area contributed by atoms with E-state index in [1.165, 1.54) is 28.2 Å². The largest absolute Gasteiger partial charge is 0.325 e. The molecule has 0 atom stereocenters. The van der Waals surface area contributed by atoms with Crippen LogP contribution in [0.15, 0.2) is 53.4 Å². The molecule has 148 valence electrons. The van der Waals surface area contributed by atoms with Crippen molar-refractivity contribution in [3.63, 3.8) is 0 Å². The summed E-state index contributed by atoms with van der Waals surface area (Å²) in [6, 6.07) is 15.6. The van der Waals surface area contributed by atoms with E-state index in [-0.39, 0.29) is 16.6 Å². The Balaban J connectivity index is 1.89. The summed E-state index contributed by atoms with van der Waals surface area (Å²) in [6.45, 7) is 4.41. The van der Waals surface area contributed by atoms with E-state index in [9.17, 15) is 13.2 Å². The van der Waals surface area contributed by atoms with E-state index in [2.05, 4.69) is 11.4 Å². The highest BCUT2D eigenvalue weighted by atomic mass is 32.2. The van der Waals surface area contributed by atoms with Crippen molar-refractivity contribution in [1.29, 1.82) is 5.26 Å². The molecular formula is C20H23N3O3S2. The lowest BCUT2D eigenvalue weighted by atomic mass is 10.2. The van der Waals surface area contributed by atoms with Crippen molar-refractivity contribution in [2.45, 2.75) is 24.5 Å². The Kier molecular flexibility index (Phi) is 8.05. The molecule has 0 unspecified atom stereocenters. The third kappa shape index (κ3) is 5.83. The molecule has 1 amide bonds. The van der Waals surface area contributed by atoms with Crippen molar-refractivity contribution in [2.24, 2.45) is 0 Å². The smallest absolute Gasteiger partial charge is 0.243 e. The fourth-order valence-corrected chi connectivity index (χ4v) is 4.85. The summed E-state index contributed by atoms with van der Waals surface area (Å²) >= 11 is 1.45. The van der Waals surface area contributed by atoms with Gasteiger partial charge in [0.15, 0.2) is 0 Å². The highest BCUT2D eigenvalue weighted by Crippen LogP contribution is 2.19. The molecule has 0 aliphatic carbocycles. The van der Waals surface area contributed by atoms with Gasteiger partial charge in [-0.05, 0) is 42.0 Å². The van der Waals surface area contributed by atoms with Crippen LogP contribution in [0.1, 0.15) is 25.0 Å². The van der Waals surface area contributed by atoms with E-state index in [1.807, 2.05) is 12.1 Å². The first-order valence-corrected chi connectivity index (χ1v) is 11.5. The Labute approximate surface area is 170 Å². The lowest BCUT2D eigenvalue weighted by molar-refractivity contribution is -0.113. The SMILES string of the molecule is CCN(CC)S(=O)(=O)c1ccc(NC(=O)CSCc2cccc(C#N)c2)cc1. The molecule has 0 aromatic heterocycles. The highest BCUT2D eigenvalue weighted by Gasteiger charge is 2.21. The van der Waals surface area contributed by atoms with Crippen LogP contribution in [0.5, 0.6) is 0 Å². The molecule has 0 heterocycles. The molecule has 2 aromatic carbocycles. The molecule has 8 heteroatoms. The van der Waals surface area contributed by atoms with Crippen molar-refractivity contribution in [3.8, 4) is 6.07 Å². The van der Waals surface area contributed by atoms with Gasteiger partial charge in [0.1, 0.15) is 0 Å². The normalized spacial score (nSPS) is 11.2. The van der Waals surface area contributed by atoms with Crippen LogP contribution in [0.2, 0.25) is 0 Å². The van der Waals surface area contributed by atoms with Crippen molar-refractivity contribution in [3.05, 3.63) is 59.7 Å². The Hall–Kier alpha value is -2.34. The standard InChI is InChI=1S/C20H23N3O3S2/c1-3-23(4-2)28(25,26)19-10-8-18(9-11-19)22-20(24)15-27-14-17-7-5-6-16(12-17)13-21/h5-12H,3-4,14-15H2,1-2H3,(H,22,24). The van der Waals surface area contributed by atoms with Crippen LogP contribution in [0.3, 0.4) is 0 Å². The first kappa shape index (κ1) is 22.0. The lowest BCUT2D eigenvalue weighted by Crippen LogP contribution is -2.30. The molecular weight excluding hydrogens is 394 g/mol. The van der Waals surface area contributed by atoms with Gasteiger partial charge in [-0.2, -0.15) is 9.57 Å². The second-order valence-corrected chi connectivity index (χ2v) is 8.89. The van der Waals surface area contributed by atoms with Gasteiger partial charge in [0.05, 0.1) is 22.3 Å². The van der Waals surface area contributed by atoms with Crippen molar-refractivity contribution in [1.82, 2.24) is 4.31 Å². The van der Waals surface area contributed by atoms with E-state index in [0.717, 1.165) is 5.56 Å². The third-order valence-electron chi connectivity index (χ3n) is 4.04. The van der Waals surface area contributed by atoms with E-state index in [1.54, 1.807) is 38.1 Å². The quantitative estimate of drug-likeness (QED) is 0.675. The molecule has 0 saturated heterocycles.